The maximum Gasteiger partial charge on any atom is 0.251 e. The number of ether oxygens (including phenoxy) is 3. The zero-order chi connectivity index (χ0) is 20.1. The zero-order valence-electron chi connectivity index (χ0n) is 16.0. The fraction of sp³-hybridized carbons (Fsp3) is 0.444. The summed E-state index contributed by atoms with van der Waals surface area (Å²) in [7, 11) is 4.90. The molecule has 0 spiro atoms. The summed E-state index contributed by atoms with van der Waals surface area (Å²) in [6.07, 6.45) is 1.27. The summed E-state index contributed by atoms with van der Waals surface area (Å²) in [5.74, 6) is 1.21. The normalized spacial score (nSPS) is 19.0. The van der Waals surface area contributed by atoms with E-state index in [1.54, 1.807) is 29.1 Å². The molecule has 150 valence electrons. The van der Waals surface area contributed by atoms with Crippen LogP contribution in [0, 0.1) is 0 Å². The van der Waals surface area contributed by atoms with Crippen LogP contribution in [0.15, 0.2) is 24.5 Å². The molecule has 28 heavy (non-hydrogen) atoms. The van der Waals surface area contributed by atoms with Crippen molar-refractivity contribution in [3.05, 3.63) is 35.9 Å². The number of amides is 2. The van der Waals surface area contributed by atoms with Crippen LogP contribution in [0.5, 0.6) is 11.5 Å². The van der Waals surface area contributed by atoms with Crippen molar-refractivity contribution in [3.8, 4) is 11.5 Å². The highest BCUT2D eigenvalue weighted by Crippen LogP contribution is 2.32. The van der Waals surface area contributed by atoms with E-state index in [0.717, 1.165) is 5.82 Å². The summed E-state index contributed by atoms with van der Waals surface area (Å²) >= 11 is 0. The molecular formula is C18H23N5O5. The minimum Gasteiger partial charge on any atom is -0.493 e. The lowest BCUT2D eigenvalue weighted by Gasteiger charge is -2.32. The van der Waals surface area contributed by atoms with Crippen LogP contribution in [0.4, 0.5) is 0 Å². The molecule has 0 unspecified atom stereocenters. The first kappa shape index (κ1) is 19.6. The molecule has 2 atom stereocenters. The van der Waals surface area contributed by atoms with E-state index < -0.39 is 12.1 Å². The van der Waals surface area contributed by atoms with E-state index in [1.165, 1.54) is 14.2 Å². The molecule has 1 aromatic carbocycles. The van der Waals surface area contributed by atoms with E-state index in [-0.39, 0.29) is 18.4 Å². The van der Waals surface area contributed by atoms with Gasteiger partial charge in [0.05, 0.1) is 20.3 Å². The highest BCUT2D eigenvalue weighted by atomic mass is 16.5. The second-order valence-corrected chi connectivity index (χ2v) is 6.29. The molecule has 10 nitrogen and oxygen atoms in total. The zero-order valence-corrected chi connectivity index (χ0v) is 16.0. The number of carbonyl (C=O) groups is 2. The third-order valence-corrected chi connectivity index (χ3v) is 4.49. The second-order valence-electron chi connectivity index (χ2n) is 6.29. The summed E-state index contributed by atoms with van der Waals surface area (Å²) in [5, 5.41) is 13.4. The number of hydrogen-bond acceptors (Lipinski definition) is 7. The van der Waals surface area contributed by atoms with Crippen molar-refractivity contribution in [2.45, 2.75) is 18.6 Å². The Balaban J connectivity index is 1.72. The monoisotopic (exact) mass is 389 g/mol. The molecule has 0 saturated carbocycles. The van der Waals surface area contributed by atoms with Gasteiger partial charge in [-0.1, -0.05) is 6.07 Å². The minimum absolute atomic E-state index is 0.175. The standard InChI is InChI=1S/C18H23N5O5/c1-23-10-20-22-14(23)6-7-19-18(25)17-16(21-15(24)9-28-17)11-4-5-12(26-2)13(8-11)27-3/h4-5,8,10,16-17H,6-7,9H2,1-3H3,(H,19,25)(H,21,24)/t16-,17+/m1/s1. The van der Waals surface area contributed by atoms with Gasteiger partial charge in [0.15, 0.2) is 17.6 Å². The quantitative estimate of drug-likeness (QED) is 0.670. The Morgan fingerprint density at radius 3 is 2.82 bits per heavy atom. The topological polar surface area (TPSA) is 117 Å². The van der Waals surface area contributed by atoms with Gasteiger partial charge in [0.1, 0.15) is 18.8 Å². The summed E-state index contributed by atoms with van der Waals surface area (Å²) in [5.41, 5.74) is 0.680. The third kappa shape index (κ3) is 4.22. The van der Waals surface area contributed by atoms with Gasteiger partial charge in [-0.3, -0.25) is 9.59 Å². The van der Waals surface area contributed by atoms with Crippen LogP contribution >= 0.6 is 0 Å². The summed E-state index contributed by atoms with van der Waals surface area (Å²) < 4.78 is 17.9. The van der Waals surface area contributed by atoms with E-state index in [4.69, 9.17) is 14.2 Å². The lowest BCUT2D eigenvalue weighted by molar-refractivity contribution is -0.148. The number of morpholine rings is 1. The van der Waals surface area contributed by atoms with Gasteiger partial charge >= 0.3 is 0 Å². The van der Waals surface area contributed by atoms with Gasteiger partial charge in [0, 0.05) is 20.0 Å². The highest BCUT2D eigenvalue weighted by Gasteiger charge is 2.36. The molecule has 1 fully saturated rings. The first-order valence-corrected chi connectivity index (χ1v) is 8.77. The Kier molecular flexibility index (Phi) is 6.09. The van der Waals surface area contributed by atoms with Crippen molar-refractivity contribution in [1.82, 2.24) is 25.4 Å². The fourth-order valence-electron chi connectivity index (χ4n) is 3.02. The van der Waals surface area contributed by atoms with Gasteiger partial charge in [-0.2, -0.15) is 0 Å². The average molecular weight is 389 g/mol. The lowest BCUT2D eigenvalue weighted by Crippen LogP contribution is -2.52. The van der Waals surface area contributed by atoms with Crippen molar-refractivity contribution in [3.63, 3.8) is 0 Å². The number of carbonyl (C=O) groups excluding carboxylic acids is 2. The molecule has 1 aliphatic rings. The number of nitrogens with one attached hydrogen (secondary N) is 2. The van der Waals surface area contributed by atoms with E-state index in [2.05, 4.69) is 20.8 Å². The van der Waals surface area contributed by atoms with Crippen LogP contribution < -0.4 is 20.1 Å². The maximum atomic E-state index is 12.7. The van der Waals surface area contributed by atoms with Crippen molar-refractivity contribution < 1.29 is 23.8 Å². The van der Waals surface area contributed by atoms with Gasteiger partial charge in [-0.25, -0.2) is 0 Å². The van der Waals surface area contributed by atoms with Gasteiger partial charge in [0.25, 0.3) is 5.91 Å². The Morgan fingerprint density at radius 2 is 2.14 bits per heavy atom. The minimum atomic E-state index is -0.865. The summed E-state index contributed by atoms with van der Waals surface area (Å²) in [6.45, 7) is 0.197. The van der Waals surface area contributed by atoms with Crippen LogP contribution in [0.2, 0.25) is 0 Å². The van der Waals surface area contributed by atoms with E-state index in [1.807, 2.05) is 7.05 Å². The van der Waals surface area contributed by atoms with E-state index in [9.17, 15) is 9.59 Å². The number of aromatic nitrogens is 3. The molecule has 2 amide bonds. The Labute approximate surface area is 162 Å². The van der Waals surface area contributed by atoms with Crippen LogP contribution in [0.25, 0.3) is 0 Å². The fourth-order valence-corrected chi connectivity index (χ4v) is 3.02. The molecule has 1 aromatic heterocycles. The first-order valence-electron chi connectivity index (χ1n) is 8.77. The molecule has 2 aromatic rings. The predicted molar refractivity (Wildman–Crippen MR) is 97.9 cm³/mol. The van der Waals surface area contributed by atoms with Crippen LogP contribution in [0.3, 0.4) is 0 Å². The predicted octanol–water partition coefficient (Wildman–Crippen LogP) is -0.253. The van der Waals surface area contributed by atoms with Crippen molar-refractivity contribution in [2.75, 3.05) is 27.4 Å². The summed E-state index contributed by atoms with van der Waals surface area (Å²) in [6, 6.07) is 4.56. The van der Waals surface area contributed by atoms with Gasteiger partial charge in [-0.15, -0.1) is 10.2 Å². The first-order chi connectivity index (χ1) is 13.5. The molecule has 0 aliphatic carbocycles. The molecule has 0 radical (unpaired) electrons. The van der Waals surface area contributed by atoms with Gasteiger partial charge < -0.3 is 29.4 Å². The molecule has 2 N–H and O–H groups in total. The van der Waals surface area contributed by atoms with Crippen LogP contribution in [-0.2, 0) is 27.8 Å². The van der Waals surface area contributed by atoms with Crippen molar-refractivity contribution in [2.24, 2.45) is 7.05 Å². The number of aryl methyl sites for hydroxylation is 1. The Hall–Kier alpha value is -3.14. The molecule has 1 aliphatic heterocycles. The number of hydrogen-bond donors (Lipinski definition) is 2. The SMILES string of the molecule is COc1ccc([C@H]2NC(=O)CO[C@@H]2C(=O)NCCc2nncn2C)cc1OC. The summed E-state index contributed by atoms with van der Waals surface area (Å²) in [4.78, 5) is 24.6. The van der Waals surface area contributed by atoms with Gasteiger partial charge in [0.2, 0.25) is 5.91 Å². The molecular weight excluding hydrogens is 366 g/mol. The second kappa shape index (κ2) is 8.70. The molecule has 1 saturated heterocycles. The number of benzene rings is 1. The van der Waals surface area contributed by atoms with Crippen molar-refractivity contribution in [1.29, 1.82) is 0 Å². The van der Waals surface area contributed by atoms with E-state index >= 15 is 0 Å². The third-order valence-electron chi connectivity index (χ3n) is 4.49. The molecule has 2 heterocycles. The maximum absolute atomic E-state index is 12.7. The average Bonchev–Trinajstić information content (AvgIpc) is 3.12. The van der Waals surface area contributed by atoms with E-state index in [0.29, 0.717) is 30.0 Å². The van der Waals surface area contributed by atoms with Gasteiger partial charge in [-0.05, 0) is 17.7 Å². The number of rotatable bonds is 7. The Bertz CT molecular complexity index is 853. The smallest absolute Gasteiger partial charge is 0.251 e. The molecule has 0 bridgehead atoms. The molecule has 3 rings (SSSR count). The number of methoxy groups -OCH3 is 2. The van der Waals surface area contributed by atoms with Crippen molar-refractivity contribution >= 4 is 11.8 Å². The lowest BCUT2D eigenvalue weighted by atomic mass is 9.98. The number of nitrogens with zero attached hydrogens (tertiary/aromatic N) is 3. The highest BCUT2D eigenvalue weighted by molar-refractivity contribution is 5.86. The van der Waals surface area contributed by atoms with Crippen LogP contribution in [0.1, 0.15) is 17.4 Å². The Morgan fingerprint density at radius 1 is 1.36 bits per heavy atom. The molecule has 10 heteroatoms. The largest absolute Gasteiger partial charge is 0.493 e. The van der Waals surface area contributed by atoms with Crippen LogP contribution in [-0.4, -0.2) is 60.1 Å².